The fourth-order valence-electron chi connectivity index (χ4n) is 3.98. The lowest BCUT2D eigenvalue weighted by atomic mass is 9.95. The van der Waals surface area contributed by atoms with Gasteiger partial charge in [-0.25, -0.2) is 4.79 Å². The monoisotopic (exact) mass is 492 g/mol. The van der Waals surface area contributed by atoms with E-state index >= 15 is 0 Å². The van der Waals surface area contributed by atoms with Crippen LogP contribution in [0.2, 0.25) is 5.02 Å². The van der Waals surface area contributed by atoms with Gasteiger partial charge < -0.3 is 19.7 Å². The molecule has 2 heterocycles. The first-order valence-corrected chi connectivity index (χ1v) is 12.1. The van der Waals surface area contributed by atoms with Crippen molar-refractivity contribution in [2.24, 2.45) is 11.8 Å². The van der Waals surface area contributed by atoms with Gasteiger partial charge in [-0.05, 0) is 54.3 Å². The Morgan fingerprint density at radius 1 is 1.21 bits per heavy atom. The molecule has 1 aliphatic heterocycles. The molecule has 178 valence electrons. The summed E-state index contributed by atoms with van der Waals surface area (Å²) in [5.41, 5.74) is 1.73. The van der Waals surface area contributed by atoms with Crippen LogP contribution in [0.5, 0.6) is 5.75 Å². The molecule has 1 N–H and O–H groups in total. The predicted octanol–water partition coefficient (Wildman–Crippen LogP) is 4.89. The van der Waals surface area contributed by atoms with E-state index in [-0.39, 0.29) is 17.7 Å². The van der Waals surface area contributed by atoms with Crippen molar-refractivity contribution in [1.82, 2.24) is 4.90 Å². The standard InChI is InChI=1S/C24H29ClN2O5S/c1-14(2)11-16-13-33-22(20(16)24(30)32-4)26-21(28)15-7-9-27(10-8-15)23(29)18-12-17(25)5-6-19(18)31-3/h5-6,12-15H,7-11H2,1-4H3,(H,26,28). The van der Waals surface area contributed by atoms with Crippen molar-refractivity contribution in [3.05, 3.63) is 45.3 Å². The molecule has 0 saturated carbocycles. The van der Waals surface area contributed by atoms with Gasteiger partial charge in [0.05, 0.1) is 25.3 Å². The Hall–Kier alpha value is -2.58. The van der Waals surface area contributed by atoms with Crippen LogP contribution in [-0.2, 0) is 16.0 Å². The first kappa shape index (κ1) is 25.1. The molecule has 0 bridgehead atoms. The van der Waals surface area contributed by atoms with Gasteiger partial charge in [0.25, 0.3) is 5.91 Å². The largest absolute Gasteiger partial charge is 0.496 e. The summed E-state index contributed by atoms with van der Waals surface area (Å²) in [6, 6.07) is 4.94. The summed E-state index contributed by atoms with van der Waals surface area (Å²) in [6.07, 6.45) is 1.78. The highest BCUT2D eigenvalue weighted by Gasteiger charge is 2.30. The van der Waals surface area contributed by atoms with Crippen LogP contribution in [0.15, 0.2) is 23.6 Å². The first-order chi connectivity index (χ1) is 15.7. The number of nitrogens with zero attached hydrogens (tertiary/aromatic N) is 1. The van der Waals surface area contributed by atoms with Gasteiger partial charge in [-0.3, -0.25) is 9.59 Å². The number of hydrogen-bond acceptors (Lipinski definition) is 6. The lowest BCUT2D eigenvalue weighted by molar-refractivity contribution is -0.121. The Kier molecular flexibility index (Phi) is 8.37. The number of rotatable bonds is 7. The Morgan fingerprint density at radius 2 is 1.91 bits per heavy atom. The molecule has 2 amide bonds. The van der Waals surface area contributed by atoms with Crippen LogP contribution in [0.4, 0.5) is 5.00 Å². The van der Waals surface area contributed by atoms with Crippen LogP contribution >= 0.6 is 22.9 Å². The summed E-state index contributed by atoms with van der Waals surface area (Å²) in [6.45, 7) is 5.04. The molecular formula is C24H29ClN2O5S. The molecule has 1 fully saturated rings. The topological polar surface area (TPSA) is 84.9 Å². The molecule has 0 unspecified atom stereocenters. The van der Waals surface area contributed by atoms with Crippen molar-refractivity contribution in [2.75, 3.05) is 32.6 Å². The zero-order chi connectivity index (χ0) is 24.1. The van der Waals surface area contributed by atoms with Gasteiger partial charge in [-0.15, -0.1) is 11.3 Å². The fraction of sp³-hybridized carbons (Fsp3) is 0.458. The van der Waals surface area contributed by atoms with E-state index in [2.05, 4.69) is 19.2 Å². The highest BCUT2D eigenvalue weighted by molar-refractivity contribution is 7.15. The third-order valence-corrected chi connectivity index (χ3v) is 6.85. The van der Waals surface area contributed by atoms with Crippen molar-refractivity contribution in [1.29, 1.82) is 0 Å². The molecule has 1 aliphatic rings. The maximum atomic E-state index is 13.0. The van der Waals surface area contributed by atoms with E-state index in [1.807, 2.05) is 5.38 Å². The molecule has 0 spiro atoms. The van der Waals surface area contributed by atoms with Crippen molar-refractivity contribution in [3.63, 3.8) is 0 Å². The number of carbonyl (C=O) groups excluding carboxylic acids is 3. The second-order valence-corrected chi connectivity index (χ2v) is 9.77. The van der Waals surface area contributed by atoms with Gasteiger partial charge in [0.1, 0.15) is 10.8 Å². The van der Waals surface area contributed by atoms with Gasteiger partial charge in [0, 0.05) is 24.0 Å². The highest BCUT2D eigenvalue weighted by atomic mass is 35.5. The molecular weight excluding hydrogens is 464 g/mol. The SMILES string of the molecule is COC(=O)c1c(CC(C)C)csc1NC(=O)C1CCN(C(=O)c2cc(Cl)ccc2OC)CC1. The van der Waals surface area contributed by atoms with Crippen molar-refractivity contribution >= 4 is 45.7 Å². The zero-order valence-corrected chi connectivity index (χ0v) is 20.8. The van der Waals surface area contributed by atoms with E-state index in [9.17, 15) is 14.4 Å². The number of ether oxygens (including phenoxy) is 2. The molecule has 0 atom stereocenters. The summed E-state index contributed by atoms with van der Waals surface area (Å²) in [5.74, 6) is -0.182. The maximum absolute atomic E-state index is 13.0. The average Bonchev–Trinajstić information content (AvgIpc) is 3.19. The first-order valence-electron chi connectivity index (χ1n) is 10.9. The minimum Gasteiger partial charge on any atom is -0.496 e. The summed E-state index contributed by atoms with van der Waals surface area (Å²) >= 11 is 7.40. The number of likely N-dealkylation sites (tertiary alicyclic amines) is 1. The minimum absolute atomic E-state index is 0.148. The number of halogens is 1. The number of piperidine rings is 1. The molecule has 7 nitrogen and oxygen atoms in total. The number of nitrogens with one attached hydrogen (secondary N) is 1. The van der Waals surface area contributed by atoms with E-state index in [0.29, 0.717) is 58.7 Å². The summed E-state index contributed by atoms with van der Waals surface area (Å²) in [4.78, 5) is 40.0. The highest BCUT2D eigenvalue weighted by Crippen LogP contribution is 2.32. The van der Waals surface area contributed by atoms with Crippen molar-refractivity contribution < 1.29 is 23.9 Å². The van der Waals surface area contributed by atoms with Gasteiger partial charge in [0.15, 0.2) is 0 Å². The van der Waals surface area contributed by atoms with Gasteiger partial charge >= 0.3 is 5.97 Å². The Morgan fingerprint density at radius 3 is 2.52 bits per heavy atom. The molecule has 33 heavy (non-hydrogen) atoms. The molecule has 0 radical (unpaired) electrons. The molecule has 3 rings (SSSR count). The van der Waals surface area contributed by atoms with E-state index in [1.165, 1.54) is 25.6 Å². The van der Waals surface area contributed by atoms with Gasteiger partial charge in [0.2, 0.25) is 5.91 Å². The van der Waals surface area contributed by atoms with E-state index in [4.69, 9.17) is 21.1 Å². The van der Waals surface area contributed by atoms with Crippen molar-refractivity contribution in [2.45, 2.75) is 33.1 Å². The van der Waals surface area contributed by atoms with Crippen LogP contribution in [-0.4, -0.2) is 50.0 Å². The Balaban J connectivity index is 1.66. The quantitative estimate of drug-likeness (QED) is 0.556. The molecule has 1 aromatic carbocycles. The van der Waals surface area contributed by atoms with E-state index in [0.717, 1.165) is 12.0 Å². The molecule has 1 saturated heterocycles. The number of carbonyl (C=O) groups is 3. The van der Waals surface area contributed by atoms with Gasteiger partial charge in [-0.2, -0.15) is 0 Å². The fourth-order valence-corrected chi connectivity index (χ4v) is 5.12. The normalized spacial score (nSPS) is 14.3. The number of thiophene rings is 1. The summed E-state index contributed by atoms with van der Waals surface area (Å²) < 4.78 is 10.2. The Bertz CT molecular complexity index is 1030. The summed E-state index contributed by atoms with van der Waals surface area (Å²) in [5, 5.41) is 5.81. The van der Waals surface area contributed by atoms with Crippen LogP contribution in [0.25, 0.3) is 0 Å². The average molecular weight is 493 g/mol. The zero-order valence-electron chi connectivity index (χ0n) is 19.3. The number of anilines is 1. The molecule has 2 aromatic rings. The van der Waals surface area contributed by atoms with Crippen LogP contribution < -0.4 is 10.1 Å². The van der Waals surface area contributed by atoms with E-state index < -0.39 is 5.97 Å². The lowest BCUT2D eigenvalue weighted by Gasteiger charge is -2.31. The van der Waals surface area contributed by atoms with E-state index in [1.54, 1.807) is 23.1 Å². The minimum atomic E-state index is -0.446. The smallest absolute Gasteiger partial charge is 0.341 e. The number of amides is 2. The number of hydrogen-bond donors (Lipinski definition) is 1. The second kappa shape index (κ2) is 11.0. The molecule has 0 aliphatic carbocycles. The van der Waals surface area contributed by atoms with Crippen LogP contribution in [0.1, 0.15) is 53.0 Å². The van der Waals surface area contributed by atoms with Gasteiger partial charge in [-0.1, -0.05) is 25.4 Å². The Labute approximate surface area is 203 Å². The number of benzene rings is 1. The summed E-state index contributed by atoms with van der Waals surface area (Å²) in [7, 11) is 2.85. The molecule has 1 aromatic heterocycles. The molecule has 9 heteroatoms. The van der Waals surface area contributed by atoms with Crippen molar-refractivity contribution in [3.8, 4) is 5.75 Å². The third kappa shape index (κ3) is 5.86. The number of methoxy groups -OCH3 is 2. The van der Waals surface area contributed by atoms with Crippen LogP contribution in [0.3, 0.4) is 0 Å². The lowest BCUT2D eigenvalue weighted by Crippen LogP contribution is -2.41. The third-order valence-electron chi connectivity index (χ3n) is 5.67. The second-order valence-electron chi connectivity index (χ2n) is 8.45. The predicted molar refractivity (Wildman–Crippen MR) is 129 cm³/mol. The number of esters is 1. The maximum Gasteiger partial charge on any atom is 0.341 e. The van der Waals surface area contributed by atoms with Crippen LogP contribution in [0, 0.1) is 11.8 Å².